The van der Waals surface area contributed by atoms with E-state index in [0.29, 0.717) is 15.9 Å². The van der Waals surface area contributed by atoms with Crippen molar-refractivity contribution in [1.82, 2.24) is 14.5 Å². The number of aryl methyl sites for hydroxylation is 3. The Kier molecular flexibility index (Phi) is 6.14. The van der Waals surface area contributed by atoms with Crippen molar-refractivity contribution in [2.75, 3.05) is 0 Å². The molecular weight excluding hydrogens is 410 g/mol. The van der Waals surface area contributed by atoms with Gasteiger partial charge in [0.15, 0.2) is 0 Å². The average Bonchev–Trinajstić information content (AvgIpc) is 3.17. The van der Waals surface area contributed by atoms with E-state index in [1.54, 1.807) is 0 Å². The molecule has 0 fully saturated rings. The van der Waals surface area contributed by atoms with Gasteiger partial charge in [-0.15, -0.1) is 11.3 Å². The van der Waals surface area contributed by atoms with E-state index in [4.69, 9.17) is 0 Å². The van der Waals surface area contributed by atoms with Crippen LogP contribution in [0.5, 0.6) is 0 Å². The van der Waals surface area contributed by atoms with Crippen molar-refractivity contribution >= 4 is 27.5 Å². The molecule has 2 aromatic heterocycles. The van der Waals surface area contributed by atoms with E-state index in [2.05, 4.69) is 12.2 Å². The van der Waals surface area contributed by atoms with E-state index in [0.717, 1.165) is 49.7 Å². The van der Waals surface area contributed by atoms with Crippen LogP contribution in [0.3, 0.4) is 0 Å². The summed E-state index contributed by atoms with van der Waals surface area (Å²) < 4.78 is 2.73. The van der Waals surface area contributed by atoms with Crippen molar-refractivity contribution in [1.29, 1.82) is 0 Å². The number of thiophene rings is 1. The zero-order valence-electron chi connectivity index (χ0n) is 18.4. The van der Waals surface area contributed by atoms with Gasteiger partial charge in [-0.05, 0) is 68.7 Å². The summed E-state index contributed by atoms with van der Waals surface area (Å²) >= 11 is 1.50. The molecule has 4 rings (SSSR count). The first-order chi connectivity index (χ1) is 14.9. The zero-order chi connectivity index (χ0) is 22.1. The molecule has 31 heavy (non-hydrogen) atoms. The highest BCUT2D eigenvalue weighted by Crippen LogP contribution is 2.34. The van der Waals surface area contributed by atoms with Crippen LogP contribution in [0.4, 0.5) is 0 Å². The quantitative estimate of drug-likeness (QED) is 0.638. The van der Waals surface area contributed by atoms with Crippen LogP contribution in [0.15, 0.2) is 33.9 Å². The number of nitrogens with one attached hydrogen (secondary N) is 1. The highest BCUT2D eigenvalue weighted by atomic mass is 32.1. The van der Waals surface area contributed by atoms with Gasteiger partial charge in [0.2, 0.25) is 5.91 Å². The predicted octanol–water partition coefficient (Wildman–Crippen LogP) is 3.57. The average molecular weight is 440 g/mol. The molecule has 1 amide bonds. The molecule has 1 aliphatic rings. The Hall–Kier alpha value is -2.67. The van der Waals surface area contributed by atoms with Gasteiger partial charge >= 0.3 is 5.69 Å². The molecule has 0 aliphatic heterocycles. The van der Waals surface area contributed by atoms with Gasteiger partial charge in [-0.25, -0.2) is 9.36 Å². The second-order valence-electron chi connectivity index (χ2n) is 8.30. The van der Waals surface area contributed by atoms with Crippen LogP contribution < -0.4 is 16.6 Å². The van der Waals surface area contributed by atoms with E-state index in [-0.39, 0.29) is 24.1 Å². The van der Waals surface area contributed by atoms with Gasteiger partial charge in [0.1, 0.15) is 11.4 Å². The molecule has 0 radical (unpaired) electrons. The topological polar surface area (TPSA) is 73.1 Å². The Labute approximate surface area is 185 Å². The summed E-state index contributed by atoms with van der Waals surface area (Å²) in [4.78, 5) is 41.6. The molecule has 0 unspecified atom stereocenters. The van der Waals surface area contributed by atoms with Crippen LogP contribution in [-0.4, -0.2) is 21.1 Å². The van der Waals surface area contributed by atoms with E-state index < -0.39 is 5.69 Å². The van der Waals surface area contributed by atoms with Gasteiger partial charge in [-0.3, -0.25) is 14.2 Å². The third-order valence-corrected chi connectivity index (χ3v) is 7.48. The summed E-state index contributed by atoms with van der Waals surface area (Å²) in [5.41, 5.74) is 2.01. The number of aromatic nitrogens is 2. The summed E-state index contributed by atoms with van der Waals surface area (Å²) in [7, 11) is 0. The van der Waals surface area contributed by atoms with E-state index in [1.807, 2.05) is 38.1 Å². The second kappa shape index (κ2) is 8.83. The first-order valence-corrected chi connectivity index (χ1v) is 11.9. The minimum Gasteiger partial charge on any atom is -0.352 e. The van der Waals surface area contributed by atoms with Crippen molar-refractivity contribution in [3.63, 3.8) is 0 Å². The molecule has 1 atom stereocenters. The summed E-state index contributed by atoms with van der Waals surface area (Å²) in [6.07, 6.45) is 5.59. The van der Waals surface area contributed by atoms with Crippen molar-refractivity contribution in [2.24, 2.45) is 0 Å². The molecule has 164 valence electrons. The lowest BCUT2D eigenvalue weighted by Crippen LogP contribution is -2.42. The largest absolute Gasteiger partial charge is 0.352 e. The minimum atomic E-state index is -0.459. The number of amides is 1. The standard InChI is InChI=1S/C24H29N3O3S/c1-4-15(3)25-20(28)14-26-23-21(18-8-6-7-9-19(18)31-23)22(29)27(24(26)30)17-12-10-16(5-2)11-13-17/h10-13,15H,4-9,14H2,1-3H3,(H,25,28)/t15-/m1/s1. The summed E-state index contributed by atoms with van der Waals surface area (Å²) in [6.45, 7) is 5.92. The molecule has 1 aromatic carbocycles. The molecule has 1 N–H and O–H groups in total. The summed E-state index contributed by atoms with van der Waals surface area (Å²) in [5.74, 6) is -0.212. The minimum absolute atomic E-state index is 0.0303. The summed E-state index contributed by atoms with van der Waals surface area (Å²) in [5, 5.41) is 3.55. The molecule has 3 aromatic rings. The molecule has 0 saturated heterocycles. The third kappa shape index (κ3) is 3.99. The van der Waals surface area contributed by atoms with Gasteiger partial charge in [0, 0.05) is 10.9 Å². The zero-order valence-corrected chi connectivity index (χ0v) is 19.2. The van der Waals surface area contributed by atoms with Gasteiger partial charge in [0.05, 0.1) is 11.1 Å². The fraction of sp³-hybridized carbons (Fsp3) is 0.458. The number of fused-ring (bicyclic) bond motifs is 3. The normalized spacial score (nSPS) is 14.4. The van der Waals surface area contributed by atoms with Crippen molar-refractivity contribution in [2.45, 2.75) is 71.9 Å². The maximum Gasteiger partial charge on any atom is 0.337 e. The summed E-state index contributed by atoms with van der Waals surface area (Å²) in [6, 6.07) is 7.54. The fourth-order valence-electron chi connectivity index (χ4n) is 4.18. The van der Waals surface area contributed by atoms with Gasteiger partial charge < -0.3 is 5.32 Å². The number of carbonyl (C=O) groups excluding carboxylic acids is 1. The van der Waals surface area contributed by atoms with Crippen LogP contribution in [-0.2, 0) is 30.6 Å². The number of hydrogen-bond acceptors (Lipinski definition) is 4. The Balaban J connectivity index is 1.94. The van der Waals surface area contributed by atoms with E-state index in [9.17, 15) is 14.4 Å². The highest BCUT2D eigenvalue weighted by molar-refractivity contribution is 7.18. The Morgan fingerprint density at radius 2 is 1.84 bits per heavy atom. The third-order valence-electron chi connectivity index (χ3n) is 6.16. The van der Waals surface area contributed by atoms with Crippen molar-refractivity contribution in [3.05, 3.63) is 61.1 Å². The molecule has 7 heteroatoms. The van der Waals surface area contributed by atoms with Crippen LogP contribution >= 0.6 is 11.3 Å². The predicted molar refractivity (Wildman–Crippen MR) is 126 cm³/mol. The smallest absolute Gasteiger partial charge is 0.337 e. The van der Waals surface area contributed by atoms with Crippen LogP contribution in [0.25, 0.3) is 15.9 Å². The molecule has 1 aliphatic carbocycles. The Morgan fingerprint density at radius 3 is 2.52 bits per heavy atom. The van der Waals surface area contributed by atoms with Gasteiger partial charge in [-0.2, -0.15) is 0 Å². The lowest BCUT2D eigenvalue weighted by atomic mass is 9.97. The van der Waals surface area contributed by atoms with Crippen LogP contribution in [0.1, 0.15) is 56.0 Å². The van der Waals surface area contributed by atoms with Crippen molar-refractivity contribution < 1.29 is 4.79 Å². The fourth-order valence-corrected chi connectivity index (χ4v) is 5.55. The van der Waals surface area contributed by atoms with E-state index in [1.165, 1.54) is 25.3 Å². The molecule has 0 saturated carbocycles. The lowest BCUT2D eigenvalue weighted by molar-refractivity contribution is -0.122. The SMILES string of the molecule is CCc1ccc(-n2c(=O)c3c4c(sc3n(CC(=O)N[C@H](C)CC)c2=O)CCCC4)cc1. The Bertz CT molecular complexity index is 1230. The number of rotatable bonds is 6. The number of hydrogen-bond donors (Lipinski definition) is 1. The number of nitrogens with zero attached hydrogens (tertiary/aromatic N) is 2. The second-order valence-corrected chi connectivity index (χ2v) is 9.38. The maximum absolute atomic E-state index is 13.6. The van der Waals surface area contributed by atoms with Gasteiger partial charge in [0.25, 0.3) is 5.56 Å². The maximum atomic E-state index is 13.6. The van der Waals surface area contributed by atoms with E-state index >= 15 is 0 Å². The number of benzene rings is 1. The Morgan fingerprint density at radius 1 is 1.13 bits per heavy atom. The first-order valence-electron chi connectivity index (χ1n) is 11.1. The molecular formula is C24H29N3O3S. The number of carbonyl (C=O) groups is 1. The molecule has 0 spiro atoms. The monoisotopic (exact) mass is 439 g/mol. The highest BCUT2D eigenvalue weighted by Gasteiger charge is 2.25. The van der Waals surface area contributed by atoms with Crippen LogP contribution in [0.2, 0.25) is 0 Å². The molecule has 6 nitrogen and oxygen atoms in total. The van der Waals surface area contributed by atoms with Crippen molar-refractivity contribution in [3.8, 4) is 5.69 Å². The molecule has 2 heterocycles. The first kappa shape index (κ1) is 21.6. The lowest BCUT2D eigenvalue weighted by Gasteiger charge is -2.15. The van der Waals surface area contributed by atoms with Gasteiger partial charge in [-0.1, -0.05) is 26.0 Å². The molecule has 0 bridgehead atoms. The van der Waals surface area contributed by atoms with Crippen LogP contribution in [0, 0.1) is 0 Å².